The number of benzene rings is 2. The number of nitrogens with zero attached hydrogens (tertiary/aromatic N) is 3. The molecule has 0 bridgehead atoms. The fraction of sp³-hybridized carbons (Fsp3) is 0.304. The van der Waals surface area contributed by atoms with Crippen LogP contribution in [0.1, 0.15) is 24.5 Å². The molecule has 2 aromatic carbocycles. The first-order chi connectivity index (χ1) is 14.0. The van der Waals surface area contributed by atoms with Gasteiger partial charge in [0, 0.05) is 49.9 Å². The number of carbonyl (C=O) groups is 1. The van der Waals surface area contributed by atoms with Gasteiger partial charge in [-0.05, 0) is 43.2 Å². The van der Waals surface area contributed by atoms with Crippen molar-refractivity contribution in [3.05, 3.63) is 71.7 Å². The number of likely N-dealkylation sites (tertiary alicyclic amines) is 1. The Kier molecular flexibility index (Phi) is 5.45. The van der Waals surface area contributed by atoms with Gasteiger partial charge in [-0.1, -0.05) is 24.3 Å². The monoisotopic (exact) mass is 392 g/mol. The molecule has 1 atom stereocenters. The number of rotatable bonds is 5. The summed E-state index contributed by atoms with van der Waals surface area (Å²) in [5, 5.41) is 7.79. The molecule has 1 unspecified atom stereocenters. The van der Waals surface area contributed by atoms with Gasteiger partial charge in [0.05, 0.1) is 11.4 Å². The van der Waals surface area contributed by atoms with Gasteiger partial charge in [-0.3, -0.25) is 9.69 Å². The van der Waals surface area contributed by atoms with Crippen molar-refractivity contribution in [2.45, 2.75) is 32.9 Å². The third kappa shape index (κ3) is 4.54. The number of carbonyl (C=O) groups excluding carboxylic acids is 1. The molecule has 0 saturated carbocycles. The van der Waals surface area contributed by atoms with Gasteiger partial charge in [0.25, 0.3) is 0 Å². The van der Waals surface area contributed by atoms with Gasteiger partial charge < -0.3 is 5.32 Å². The molecule has 0 spiro atoms. The van der Waals surface area contributed by atoms with E-state index in [-0.39, 0.29) is 17.8 Å². The van der Waals surface area contributed by atoms with Crippen LogP contribution in [0.3, 0.4) is 0 Å². The molecular formula is C23H25FN4O. The first-order valence-electron chi connectivity index (χ1n) is 9.89. The molecule has 3 aromatic rings. The van der Waals surface area contributed by atoms with Gasteiger partial charge in [0.2, 0.25) is 5.91 Å². The average molecular weight is 392 g/mol. The minimum atomic E-state index is -0.273. The lowest BCUT2D eigenvalue weighted by Gasteiger charge is -2.16. The number of aryl methyl sites for hydroxylation is 1. The molecule has 1 amide bonds. The van der Waals surface area contributed by atoms with Crippen molar-refractivity contribution < 1.29 is 9.18 Å². The summed E-state index contributed by atoms with van der Waals surface area (Å²) in [6.45, 7) is 6.01. The van der Waals surface area contributed by atoms with Crippen LogP contribution in [0.25, 0.3) is 16.9 Å². The number of aromatic nitrogens is 2. The summed E-state index contributed by atoms with van der Waals surface area (Å²) in [5.41, 5.74) is 4.73. The number of halogens is 1. The summed E-state index contributed by atoms with van der Waals surface area (Å²) >= 11 is 0. The van der Waals surface area contributed by atoms with E-state index in [1.54, 1.807) is 13.0 Å². The van der Waals surface area contributed by atoms with Gasteiger partial charge in [-0.25, -0.2) is 9.07 Å². The second-order valence-electron chi connectivity index (χ2n) is 7.72. The Hall–Kier alpha value is -2.99. The summed E-state index contributed by atoms with van der Waals surface area (Å²) in [6, 6.07) is 14.9. The molecule has 1 N–H and O–H groups in total. The summed E-state index contributed by atoms with van der Waals surface area (Å²) in [4.78, 5) is 13.7. The maximum atomic E-state index is 13.9. The maximum absolute atomic E-state index is 13.9. The number of amides is 1. The Labute approximate surface area is 170 Å². The lowest BCUT2D eigenvalue weighted by molar-refractivity contribution is -0.119. The molecule has 1 fully saturated rings. The predicted octanol–water partition coefficient (Wildman–Crippen LogP) is 3.70. The van der Waals surface area contributed by atoms with E-state index < -0.39 is 0 Å². The number of nitrogens with one attached hydrogen (secondary N) is 1. The molecule has 0 radical (unpaired) electrons. The summed E-state index contributed by atoms with van der Waals surface area (Å²) in [5.74, 6) is -0.269. The van der Waals surface area contributed by atoms with Gasteiger partial charge >= 0.3 is 0 Å². The lowest BCUT2D eigenvalue weighted by Crippen LogP contribution is -2.35. The minimum absolute atomic E-state index is 0.00423. The highest BCUT2D eigenvalue weighted by Crippen LogP contribution is 2.27. The van der Waals surface area contributed by atoms with Crippen LogP contribution >= 0.6 is 0 Å². The Morgan fingerprint density at radius 2 is 2.07 bits per heavy atom. The van der Waals surface area contributed by atoms with Crippen molar-refractivity contribution in [3.63, 3.8) is 0 Å². The Bertz CT molecular complexity index is 1030. The molecule has 1 aliphatic heterocycles. The molecule has 6 heteroatoms. The Morgan fingerprint density at radius 1 is 1.24 bits per heavy atom. The highest BCUT2D eigenvalue weighted by Gasteiger charge is 2.25. The van der Waals surface area contributed by atoms with Crippen molar-refractivity contribution in [2.75, 3.05) is 13.1 Å². The zero-order valence-corrected chi connectivity index (χ0v) is 16.7. The molecule has 1 saturated heterocycles. The molecule has 150 valence electrons. The van der Waals surface area contributed by atoms with E-state index in [0.717, 1.165) is 47.6 Å². The molecule has 1 aliphatic rings. The van der Waals surface area contributed by atoms with Crippen LogP contribution in [-0.4, -0.2) is 39.7 Å². The van der Waals surface area contributed by atoms with Crippen LogP contribution in [0.5, 0.6) is 0 Å². The van der Waals surface area contributed by atoms with Gasteiger partial charge in [-0.2, -0.15) is 5.10 Å². The first-order valence-corrected chi connectivity index (χ1v) is 9.89. The third-order valence-corrected chi connectivity index (χ3v) is 5.23. The van der Waals surface area contributed by atoms with Crippen molar-refractivity contribution in [1.82, 2.24) is 20.0 Å². The Morgan fingerprint density at radius 3 is 2.83 bits per heavy atom. The number of hydrogen-bond acceptors (Lipinski definition) is 3. The zero-order chi connectivity index (χ0) is 20.4. The highest BCUT2D eigenvalue weighted by molar-refractivity contribution is 5.73. The van der Waals surface area contributed by atoms with Crippen LogP contribution in [0, 0.1) is 12.7 Å². The fourth-order valence-corrected chi connectivity index (χ4v) is 3.93. The molecule has 29 heavy (non-hydrogen) atoms. The standard InChI is InChI=1S/C23H25FN4O/c1-16-5-3-8-22(11-16)28-14-19(13-27-10-9-21(15-27)25-17(2)29)23(26-28)18-6-4-7-20(24)12-18/h3-8,11-12,14,21H,9-10,13,15H2,1-2H3,(H,25,29). The van der Waals surface area contributed by atoms with Crippen LogP contribution in [0.2, 0.25) is 0 Å². The molecule has 0 aliphatic carbocycles. The Balaban J connectivity index is 1.65. The smallest absolute Gasteiger partial charge is 0.217 e. The van der Waals surface area contributed by atoms with E-state index in [9.17, 15) is 9.18 Å². The van der Waals surface area contributed by atoms with Gasteiger partial charge in [-0.15, -0.1) is 0 Å². The highest BCUT2D eigenvalue weighted by atomic mass is 19.1. The average Bonchev–Trinajstić information content (AvgIpc) is 3.29. The molecule has 4 rings (SSSR count). The molecule has 2 heterocycles. The fourth-order valence-electron chi connectivity index (χ4n) is 3.93. The number of hydrogen-bond donors (Lipinski definition) is 1. The van der Waals surface area contributed by atoms with E-state index in [4.69, 9.17) is 5.10 Å². The largest absolute Gasteiger partial charge is 0.352 e. The predicted molar refractivity (Wildman–Crippen MR) is 111 cm³/mol. The third-order valence-electron chi connectivity index (χ3n) is 5.23. The van der Waals surface area contributed by atoms with Crippen LogP contribution in [-0.2, 0) is 11.3 Å². The van der Waals surface area contributed by atoms with E-state index in [2.05, 4.69) is 16.3 Å². The zero-order valence-electron chi connectivity index (χ0n) is 16.7. The van der Waals surface area contributed by atoms with Crippen LogP contribution < -0.4 is 5.32 Å². The SMILES string of the molecule is CC(=O)NC1CCN(Cc2cn(-c3cccc(C)c3)nc2-c2cccc(F)c2)C1. The van der Waals surface area contributed by atoms with Crippen molar-refractivity contribution >= 4 is 5.91 Å². The summed E-state index contributed by atoms with van der Waals surface area (Å²) in [6.07, 6.45) is 2.96. The second-order valence-corrected chi connectivity index (χ2v) is 7.72. The first kappa shape index (κ1) is 19.3. The van der Waals surface area contributed by atoms with E-state index >= 15 is 0 Å². The molecule has 5 nitrogen and oxygen atoms in total. The van der Waals surface area contributed by atoms with E-state index in [1.165, 1.54) is 12.1 Å². The van der Waals surface area contributed by atoms with Gasteiger partial charge in [0.1, 0.15) is 5.82 Å². The van der Waals surface area contributed by atoms with E-state index in [0.29, 0.717) is 6.54 Å². The van der Waals surface area contributed by atoms with Crippen LogP contribution in [0.4, 0.5) is 4.39 Å². The quantitative estimate of drug-likeness (QED) is 0.720. The minimum Gasteiger partial charge on any atom is -0.352 e. The normalized spacial score (nSPS) is 16.9. The topological polar surface area (TPSA) is 50.2 Å². The molecular weight excluding hydrogens is 367 g/mol. The second kappa shape index (κ2) is 8.17. The van der Waals surface area contributed by atoms with E-state index in [1.807, 2.05) is 42.1 Å². The van der Waals surface area contributed by atoms with Crippen molar-refractivity contribution in [2.24, 2.45) is 0 Å². The van der Waals surface area contributed by atoms with Crippen molar-refractivity contribution in [1.29, 1.82) is 0 Å². The lowest BCUT2D eigenvalue weighted by atomic mass is 10.1. The maximum Gasteiger partial charge on any atom is 0.217 e. The van der Waals surface area contributed by atoms with Gasteiger partial charge in [0.15, 0.2) is 0 Å². The summed E-state index contributed by atoms with van der Waals surface area (Å²) < 4.78 is 15.7. The van der Waals surface area contributed by atoms with Crippen LogP contribution in [0.15, 0.2) is 54.7 Å². The summed E-state index contributed by atoms with van der Waals surface area (Å²) in [7, 11) is 0. The molecule has 1 aromatic heterocycles. The van der Waals surface area contributed by atoms with Crippen molar-refractivity contribution in [3.8, 4) is 16.9 Å².